The summed E-state index contributed by atoms with van der Waals surface area (Å²) in [6.45, 7) is 0. The Hall–Kier alpha value is -1.12. The van der Waals surface area contributed by atoms with E-state index in [4.69, 9.17) is 0 Å². The fourth-order valence-corrected chi connectivity index (χ4v) is 9.39. The number of benzene rings is 3. The second-order valence-corrected chi connectivity index (χ2v) is 13.7. The molecule has 3 aromatic carbocycles. The molecule has 0 saturated heterocycles. The molecule has 0 radical (unpaired) electrons. The summed E-state index contributed by atoms with van der Waals surface area (Å²) in [5.74, 6) is 0. The molecule has 0 heterocycles. The zero-order valence-corrected chi connectivity index (χ0v) is 14.7. The first-order valence-electron chi connectivity index (χ1n) is 6.98. The zero-order valence-electron chi connectivity index (χ0n) is 11.7. The summed E-state index contributed by atoms with van der Waals surface area (Å²) in [6.07, 6.45) is 0. The first-order chi connectivity index (χ1) is 9.82. The first kappa shape index (κ1) is 13.8. The van der Waals surface area contributed by atoms with E-state index in [-0.39, 0.29) is 0 Å². The van der Waals surface area contributed by atoms with Crippen molar-refractivity contribution in [2.45, 2.75) is 0 Å². The van der Waals surface area contributed by atoms with Crippen molar-refractivity contribution >= 4 is 47.2 Å². The van der Waals surface area contributed by atoms with Crippen LogP contribution in [0.15, 0.2) is 91.0 Å². The van der Waals surface area contributed by atoms with E-state index in [0.29, 0.717) is 0 Å². The number of hydrogen-bond acceptors (Lipinski definition) is 0. The normalized spacial score (nSPS) is 11.3. The van der Waals surface area contributed by atoms with Gasteiger partial charge in [0.1, 0.15) is 0 Å². The summed E-state index contributed by atoms with van der Waals surface area (Å²) < 4.78 is -1.74. The van der Waals surface area contributed by atoms with Crippen molar-refractivity contribution in [3.05, 3.63) is 91.0 Å². The van der Waals surface area contributed by atoms with Crippen molar-refractivity contribution in [1.29, 1.82) is 0 Å². The van der Waals surface area contributed by atoms with Gasteiger partial charge >= 0.3 is 138 Å². The third-order valence-electron chi connectivity index (χ3n) is 4.05. The molecule has 3 aromatic rings. The number of hydrogen-bond donors (Lipinski definition) is 0. The van der Waals surface area contributed by atoms with Crippen LogP contribution in [0, 0.1) is 0 Å². The SMILES string of the molecule is [Na][Si](c1ccccc1)(c1ccccc1)c1ccccc1. The molecule has 0 unspecified atom stereocenters. The van der Waals surface area contributed by atoms with E-state index in [9.17, 15) is 0 Å². The monoisotopic (exact) mass is 282 g/mol. The van der Waals surface area contributed by atoms with E-state index >= 15 is 0 Å². The Bertz CT molecular complexity index is 569. The molecule has 0 spiro atoms. The average Bonchev–Trinajstić information content (AvgIpc) is 2.56. The van der Waals surface area contributed by atoms with Crippen LogP contribution in [0.3, 0.4) is 0 Å². The molecule has 0 aliphatic heterocycles. The predicted molar refractivity (Wildman–Crippen MR) is 89.7 cm³/mol. The molecule has 20 heavy (non-hydrogen) atoms. The van der Waals surface area contributed by atoms with Crippen LogP contribution in [0.5, 0.6) is 0 Å². The Morgan fingerprint density at radius 2 is 0.700 bits per heavy atom. The Kier molecular flexibility index (Phi) is 4.23. The molecule has 0 amide bonds. The Morgan fingerprint density at radius 1 is 0.450 bits per heavy atom. The summed E-state index contributed by atoms with van der Waals surface area (Å²) in [4.78, 5) is 0. The van der Waals surface area contributed by atoms with Crippen LogP contribution >= 0.6 is 0 Å². The summed E-state index contributed by atoms with van der Waals surface area (Å²) in [5.41, 5.74) is 0. The average molecular weight is 282 g/mol. The van der Waals surface area contributed by atoms with Crippen molar-refractivity contribution in [3.8, 4) is 0 Å². The maximum absolute atomic E-state index is 2.30. The maximum atomic E-state index is 2.30. The molecule has 0 aromatic heterocycles. The molecule has 0 fully saturated rings. The van der Waals surface area contributed by atoms with Gasteiger partial charge in [-0.05, 0) is 0 Å². The quantitative estimate of drug-likeness (QED) is 0.508. The van der Waals surface area contributed by atoms with Gasteiger partial charge in [0.15, 0.2) is 0 Å². The van der Waals surface area contributed by atoms with Crippen molar-refractivity contribution in [1.82, 2.24) is 0 Å². The molecule has 0 saturated carbocycles. The van der Waals surface area contributed by atoms with E-state index in [1.54, 1.807) is 0 Å². The molecule has 0 N–H and O–H groups in total. The minimum atomic E-state index is -1.74. The van der Waals surface area contributed by atoms with Crippen LogP contribution in [0.2, 0.25) is 0 Å². The molecule has 0 nitrogen and oxygen atoms in total. The molecule has 0 atom stereocenters. The zero-order chi connectivity index (χ0) is 13.8. The second kappa shape index (κ2) is 6.11. The molecule has 2 heteroatoms. The van der Waals surface area contributed by atoms with Crippen molar-refractivity contribution in [3.63, 3.8) is 0 Å². The van der Waals surface area contributed by atoms with Gasteiger partial charge in [-0.2, -0.15) is 0 Å². The van der Waals surface area contributed by atoms with Crippen LogP contribution in [-0.4, -0.2) is 31.7 Å². The Labute approximate surface area is 137 Å². The Balaban J connectivity index is 2.24. The summed E-state index contributed by atoms with van der Waals surface area (Å²) in [7, 11) is 0. The fourth-order valence-electron chi connectivity index (χ4n) is 2.81. The third-order valence-corrected chi connectivity index (χ3v) is 13.7. The van der Waals surface area contributed by atoms with Crippen molar-refractivity contribution < 1.29 is 0 Å². The van der Waals surface area contributed by atoms with Gasteiger partial charge in [-0.15, -0.1) is 0 Å². The molecular formula is C18H15NaSi. The van der Waals surface area contributed by atoms with Gasteiger partial charge < -0.3 is 0 Å². The third kappa shape index (κ3) is 2.55. The molecule has 0 bridgehead atoms. The van der Waals surface area contributed by atoms with E-state index < -0.39 is 4.63 Å². The standard InChI is InChI=1S/C18H15Si.Na/c1-4-10-16(11-5-1)19(17-12-6-2-7-13-17)18-14-8-3-9-15-18;/h1-15H;. The minimum absolute atomic E-state index is 1.17. The van der Waals surface area contributed by atoms with Crippen LogP contribution in [0.4, 0.5) is 0 Å². The first-order valence-corrected chi connectivity index (χ1v) is 12.5. The van der Waals surface area contributed by atoms with Gasteiger partial charge in [-0.3, -0.25) is 0 Å². The molecular weight excluding hydrogens is 267 g/mol. The van der Waals surface area contributed by atoms with Crippen LogP contribution in [0.1, 0.15) is 0 Å². The van der Waals surface area contributed by atoms with E-state index in [2.05, 4.69) is 91.0 Å². The van der Waals surface area contributed by atoms with Crippen LogP contribution in [-0.2, 0) is 0 Å². The van der Waals surface area contributed by atoms with Gasteiger partial charge in [0.25, 0.3) is 0 Å². The molecule has 92 valence electrons. The molecule has 0 aliphatic rings. The molecule has 3 rings (SSSR count). The van der Waals surface area contributed by atoms with E-state index in [1.807, 2.05) is 0 Å². The van der Waals surface area contributed by atoms with Gasteiger partial charge in [0, 0.05) is 0 Å². The summed E-state index contributed by atoms with van der Waals surface area (Å²) in [6, 6.07) is 33.2. The second-order valence-electron chi connectivity index (χ2n) is 5.22. The number of rotatable bonds is 3. The van der Waals surface area contributed by atoms with Crippen LogP contribution in [0.25, 0.3) is 0 Å². The van der Waals surface area contributed by atoms with Crippen LogP contribution < -0.4 is 15.6 Å². The van der Waals surface area contributed by atoms with E-state index in [1.165, 1.54) is 42.6 Å². The fraction of sp³-hybridized carbons (Fsp3) is 0. The predicted octanol–water partition coefficient (Wildman–Crippen LogP) is 1.82. The topological polar surface area (TPSA) is 0 Å². The van der Waals surface area contributed by atoms with Gasteiger partial charge in [-0.25, -0.2) is 0 Å². The van der Waals surface area contributed by atoms with Gasteiger partial charge in [-0.1, -0.05) is 0 Å². The molecule has 0 aliphatic carbocycles. The summed E-state index contributed by atoms with van der Waals surface area (Å²) in [5, 5.41) is 4.55. The van der Waals surface area contributed by atoms with Gasteiger partial charge in [0.2, 0.25) is 0 Å². The van der Waals surface area contributed by atoms with Crippen molar-refractivity contribution in [2.75, 3.05) is 0 Å². The van der Waals surface area contributed by atoms with Gasteiger partial charge in [0.05, 0.1) is 0 Å². The van der Waals surface area contributed by atoms with E-state index in [0.717, 1.165) is 0 Å². The Morgan fingerprint density at radius 3 is 0.950 bits per heavy atom. The summed E-state index contributed by atoms with van der Waals surface area (Å²) >= 11 is 1.17. The van der Waals surface area contributed by atoms with Crippen molar-refractivity contribution in [2.24, 2.45) is 0 Å².